The summed E-state index contributed by atoms with van der Waals surface area (Å²) in [5.41, 5.74) is 0.0442. The van der Waals surface area contributed by atoms with Crippen LogP contribution in [0.4, 0.5) is 0 Å². The van der Waals surface area contributed by atoms with Crippen LogP contribution < -0.4 is 0 Å². The van der Waals surface area contributed by atoms with E-state index in [4.69, 9.17) is 0 Å². The van der Waals surface area contributed by atoms with E-state index in [1.54, 1.807) is 32.0 Å². The first-order valence-corrected chi connectivity index (χ1v) is 4.97. The first-order valence-electron chi connectivity index (χ1n) is 4.97. The Hall–Kier alpha value is -1.29. The molecular formula is C11H18N2O2. The number of aromatic nitrogens is 1. The molecule has 0 unspecified atom stereocenters. The molecule has 4 heteroatoms. The third-order valence-corrected chi connectivity index (χ3v) is 2.05. The summed E-state index contributed by atoms with van der Waals surface area (Å²) >= 11 is 0. The summed E-state index contributed by atoms with van der Waals surface area (Å²) in [7, 11) is 1.70. The van der Waals surface area contributed by atoms with Crippen LogP contribution in [0.5, 0.6) is 0 Å². The second-order valence-electron chi connectivity index (χ2n) is 4.43. The molecular weight excluding hydrogens is 192 g/mol. The maximum absolute atomic E-state index is 11.7. The molecule has 0 atom stereocenters. The number of H-pyrrole nitrogens is 1. The van der Waals surface area contributed by atoms with Crippen molar-refractivity contribution in [3.05, 3.63) is 24.0 Å². The van der Waals surface area contributed by atoms with Crippen molar-refractivity contribution in [2.24, 2.45) is 0 Å². The quantitative estimate of drug-likeness (QED) is 0.771. The van der Waals surface area contributed by atoms with Crippen LogP contribution in [0.25, 0.3) is 0 Å². The molecule has 0 saturated carbocycles. The molecule has 0 bridgehead atoms. The second-order valence-corrected chi connectivity index (χ2v) is 4.43. The van der Waals surface area contributed by atoms with Gasteiger partial charge in [0.2, 0.25) is 5.91 Å². The van der Waals surface area contributed by atoms with Crippen molar-refractivity contribution in [1.82, 2.24) is 9.88 Å². The minimum atomic E-state index is -0.847. The number of aliphatic hydroxyl groups is 1. The number of nitrogens with one attached hydrogen (secondary N) is 1. The zero-order valence-corrected chi connectivity index (χ0v) is 9.45. The van der Waals surface area contributed by atoms with Crippen LogP contribution in [0.2, 0.25) is 0 Å². The lowest BCUT2D eigenvalue weighted by molar-refractivity contribution is -0.131. The van der Waals surface area contributed by atoms with Crippen molar-refractivity contribution in [3.8, 4) is 0 Å². The Labute approximate surface area is 89.9 Å². The molecule has 0 aliphatic carbocycles. The average molecular weight is 210 g/mol. The van der Waals surface area contributed by atoms with E-state index in [0.29, 0.717) is 13.0 Å². The minimum absolute atomic E-state index is 0.000394. The van der Waals surface area contributed by atoms with Crippen molar-refractivity contribution in [2.75, 3.05) is 13.6 Å². The highest BCUT2D eigenvalue weighted by atomic mass is 16.3. The Morgan fingerprint density at radius 1 is 1.60 bits per heavy atom. The number of aromatic amines is 1. The molecule has 1 aromatic heterocycles. The van der Waals surface area contributed by atoms with Crippen molar-refractivity contribution >= 4 is 5.91 Å². The fourth-order valence-corrected chi connectivity index (χ4v) is 1.44. The normalized spacial score (nSPS) is 11.5. The maximum atomic E-state index is 11.7. The summed E-state index contributed by atoms with van der Waals surface area (Å²) in [5, 5.41) is 9.56. The Kier molecular flexibility index (Phi) is 3.52. The molecule has 1 heterocycles. The van der Waals surface area contributed by atoms with Gasteiger partial charge in [0.05, 0.1) is 12.0 Å². The van der Waals surface area contributed by atoms with Crippen LogP contribution in [-0.4, -0.2) is 40.1 Å². The summed E-state index contributed by atoms with van der Waals surface area (Å²) in [6.45, 7) is 3.71. The zero-order valence-electron chi connectivity index (χ0n) is 9.45. The number of rotatable bonds is 4. The third kappa shape index (κ3) is 4.16. The standard InChI is InChI=1S/C11H18N2O2/c1-11(2,15)8-13(3)10(14)7-9-5-4-6-12-9/h4-6,12,15H,7-8H2,1-3H3. The van der Waals surface area contributed by atoms with Crippen molar-refractivity contribution < 1.29 is 9.90 Å². The van der Waals surface area contributed by atoms with Crippen LogP contribution in [0.15, 0.2) is 18.3 Å². The van der Waals surface area contributed by atoms with Gasteiger partial charge in [-0.2, -0.15) is 0 Å². The van der Waals surface area contributed by atoms with Gasteiger partial charge in [-0.15, -0.1) is 0 Å². The molecule has 0 radical (unpaired) electrons. The molecule has 1 amide bonds. The molecule has 2 N–H and O–H groups in total. The summed E-state index contributed by atoms with van der Waals surface area (Å²) in [6, 6.07) is 3.73. The first-order chi connectivity index (χ1) is 6.88. The number of nitrogens with zero attached hydrogens (tertiary/aromatic N) is 1. The van der Waals surface area contributed by atoms with Crippen molar-refractivity contribution in [1.29, 1.82) is 0 Å². The second kappa shape index (κ2) is 4.49. The lowest BCUT2D eigenvalue weighted by Crippen LogP contribution is -2.40. The summed E-state index contributed by atoms with van der Waals surface area (Å²) in [4.78, 5) is 16.2. The SMILES string of the molecule is CN(CC(C)(C)O)C(=O)Cc1ccc[nH]1. The van der Waals surface area contributed by atoms with E-state index in [9.17, 15) is 9.90 Å². The lowest BCUT2D eigenvalue weighted by Gasteiger charge is -2.25. The summed E-state index contributed by atoms with van der Waals surface area (Å²) in [6.07, 6.45) is 2.14. The van der Waals surface area contributed by atoms with Gasteiger partial charge in [-0.05, 0) is 26.0 Å². The van der Waals surface area contributed by atoms with Crippen molar-refractivity contribution in [3.63, 3.8) is 0 Å². The van der Waals surface area contributed by atoms with Gasteiger partial charge in [-0.25, -0.2) is 0 Å². The highest BCUT2D eigenvalue weighted by Crippen LogP contribution is 2.05. The largest absolute Gasteiger partial charge is 0.389 e. The van der Waals surface area contributed by atoms with Crippen LogP contribution in [0.3, 0.4) is 0 Å². The van der Waals surface area contributed by atoms with E-state index in [-0.39, 0.29) is 5.91 Å². The van der Waals surface area contributed by atoms with Gasteiger partial charge in [-0.1, -0.05) is 0 Å². The topological polar surface area (TPSA) is 56.3 Å². The van der Waals surface area contributed by atoms with E-state index in [1.165, 1.54) is 0 Å². The maximum Gasteiger partial charge on any atom is 0.228 e. The van der Waals surface area contributed by atoms with Crippen molar-refractivity contribution in [2.45, 2.75) is 25.9 Å². The van der Waals surface area contributed by atoms with E-state index in [1.807, 2.05) is 12.1 Å². The van der Waals surface area contributed by atoms with Gasteiger partial charge in [0.15, 0.2) is 0 Å². The van der Waals surface area contributed by atoms with Crippen LogP contribution in [0.1, 0.15) is 19.5 Å². The van der Waals surface area contributed by atoms with Crippen LogP contribution in [0, 0.1) is 0 Å². The lowest BCUT2D eigenvalue weighted by atomic mass is 10.1. The molecule has 0 aliphatic heterocycles. The van der Waals surface area contributed by atoms with E-state index in [0.717, 1.165) is 5.69 Å². The van der Waals surface area contributed by atoms with Crippen LogP contribution >= 0.6 is 0 Å². The Morgan fingerprint density at radius 2 is 2.27 bits per heavy atom. The fraction of sp³-hybridized carbons (Fsp3) is 0.545. The van der Waals surface area contributed by atoms with E-state index in [2.05, 4.69) is 4.98 Å². The Balaban J connectivity index is 2.47. The molecule has 84 valence electrons. The summed E-state index contributed by atoms with van der Waals surface area (Å²) in [5.74, 6) is -0.000394. The molecule has 1 rings (SSSR count). The number of hydrogen-bond acceptors (Lipinski definition) is 2. The number of likely N-dealkylation sites (N-methyl/N-ethyl adjacent to an activating group) is 1. The number of carbonyl (C=O) groups is 1. The average Bonchev–Trinajstić information content (AvgIpc) is 2.53. The monoisotopic (exact) mass is 210 g/mol. The molecule has 0 fully saturated rings. The van der Waals surface area contributed by atoms with Gasteiger partial charge in [-0.3, -0.25) is 4.79 Å². The molecule has 0 aliphatic rings. The molecule has 0 saturated heterocycles. The van der Waals surface area contributed by atoms with E-state index < -0.39 is 5.60 Å². The smallest absolute Gasteiger partial charge is 0.228 e. The molecule has 0 spiro atoms. The number of carbonyl (C=O) groups excluding carboxylic acids is 1. The summed E-state index contributed by atoms with van der Waals surface area (Å²) < 4.78 is 0. The highest BCUT2D eigenvalue weighted by molar-refractivity contribution is 5.78. The first kappa shape index (κ1) is 11.8. The Bertz CT molecular complexity index is 312. The molecule has 1 aromatic rings. The predicted molar refractivity (Wildman–Crippen MR) is 58.4 cm³/mol. The van der Waals surface area contributed by atoms with Crippen LogP contribution in [-0.2, 0) is 11.2 Å². The third-order valence-electron chi connectivity index (χ3n) is 2.05. The predicted octanol–water partition coefficient (Wildman–Crippen LogP) is 0.786. The highest BCUT2D eigenvalue weighted by Gasteiger charge is 2.19. The van der Waals surface area contributed by atoms with Gasteiger partial charge in [0, 0.05) is 25.5 Å². The molecule has 0 aromatic carbocycles. The number of hydrogen-bond donors (Lipinski definition) is 2. The number of amides is 1. The van der Waals surface area contributed by atoms with Gasteiger partial charge in [0.1, 0.15) is 0 Å². The molecule has 4 nitrogen and oxygen atoms in total. The van der Waals surface area contributed by atoms with Gasteiger partial charge >= 0.3 is 0 Å². The zero-order chi connectivity index (χ0) is 11.5. The fourth-order valence-electron chi connectivity index (χ4n) is 1.44. The van der Waals surface area contributed by atoms with Gasteiger partial charge in [0.25, 0.3) is 0 Å². The Morgan fingerprint density at radius 3 is 2.73 bits per heavy atom. The molecule has 15 heavy (non-hydrogen) atoms. The minimum Gasteiger partial charge on any atom is -0.389 e. The van der Waals surface area contributed by atoms with E-state index >= 15 is 0 Å². The van der Waals surface area contributed by atoms with Gasteiger partial charge < -0.3 is 15.0 Å².